The van der Waals surface area contributed by atoms with Crippen molar-refractivity contribution < 1.29 is 4.79 Å². The Morgan fingerprint density at radius 1 is 1.43 bits per heavy atom. The molecule has 1 aromatic rings. The number of hydrogen-bond acceptors (Lipinski definition) is 4. The maximum atomic E-state index is 11.9. The lowest BCUT2D eigenvalue weighted by Gasteiger charge is -2.34. The standard InChI is InChI=1S/C16H26N4O/c1-4-17-16(21)15-11-14(5-8-18-15)20-9-6-13(7-10-20)12-19(2)3/h5,8,11,13H,4,6-7,9-10,12H2,1-3H3,(H,17,21). The van der Waals surface area contributed by atoms with Gasteiger partial charge in [-0.1, -0.05) is 0 Å². The molecule has 0 bridgehead atoms. The van der Waals surface area contributed by atoms with E-state index in [2.05, 4.69) is 34.2 Å². The van der Waals surface area contributed by atoms with E-state index in [0.717, 1.165) is 31.2 Å². The van der Waals surface area contributed by atoms with Crippen LogP contribution in [0.5, 0.6) is 0 Å². The number of amides is 1. The first-order valence-corrected chi connectivity index (χ1v) is 7.74. The van der Waals surface area contributed by atoms with E-state index in [0.29, 0.717) is 12.2 Å². The third kappa shape index (κ3) is 4.43. The van der Waals surface area contributed by atoms with Crippen LogP contribution in [0.15, 0.2) is 18.3 Å². The van der Waals surface area contributed by atoms with Crippen LogP contribution >= 0.6 is 0 Å². The summed E-state index contributed by atoms with van der Waals surface area (Å²) >= 11 is 0. The van der Waals surface area contributed by atoms with Crippen molar-refractivity contribution in [3.63, 3.8) is 0 Å². The van der Waals surface area contributed by atoms with Crippen LogP contribution in [0.3, 0.4) is 0 Å². The van der Waals surface area contributed by atoms with Crippen molar-refractivity contribution in [3.8, 4) is 0 Å². The fourth-order valence-electron chi connectivity index (χ4n) is 2.88. The Morgan fingerprint density at radius 2 is 2.14 bits per heavy atom. The lowest BCUT2D eigenvalue weighted by Crippen LogP contribution is -2.37. The highest BCUT2D eigenvalue weighted by Crippen LogP contribution is 2.23. The minimum absolute atomic E-state index is 0.0955. The van der Waals surface area contributed by atoms with Crippen LogP contribution in [-0.4, -0.2) is 56.1 Å². The molecule has 116 valence electrons. The largest absolute Gasteiger partial charge is 0.371 e. The topological polar surface area (TPSA) is 48.5 Å². The molecule has 1 amide bonds. The summed E-state index contributed by atoms with van der Waals surface area (Å²) < 4.78 is 0. The normalized spacial score (nSPS) is 16.3. The molecule has 0 spiro atoms. The van der Waals surface area contributed by atoms with E-state index >= 15 is 0 Å². The van der Waals surface area contributed by atoms with Gasteiger partial charge in [0.25, 0.3) is 5.91 Å². The number of nitrogens with zero attached hydrogens (tertiary/aromatic N) is 3. The fourth-order valence-corrected chi connectivity index (χ4v) is 2.88. The van der Waals surface area contributed by atoms with Gasteiger partial charge in [-0.05, 0) is 51.9 Å². The van der Waals surface area contributed by atoms with Gasteiger partial charge in [0.1, 0.15) is 5.69 Å². The second-order valence-electron chi connectivity index (χ2n) is 5.95. The molecule has 5 nitrogen and oxygen atoms in total. The van der Waals surface area contributed by atoms with Gasteiger partial charge in [-0.2, -0.15) is 0 Å². The molecule has 21 heavy (non-hydrogen) atoms. The summed E-state index contributed by atoms with van der Waals surface area (Å²) in [7, 11) is 4.27. The molecule has 0 atom stereocenters. The van der Waals surface area contributed by atoms with E-state index < -0.39 is 0 Å². The van der Waals surface area contributed by atoms with Crippen LogP contribution in [0.25, 0.3) is 0 Å². The molecule has 0 unspecified atom stereocenters. The summed E-state index contributed by atoms with van der Waals surface area (Å²) in [5, 5.41) is 2.80. The van der Waals surface area contributed by atoms with Crippen LogP contribution in [0.4, 0.5) is 5.69 Å². The maximum Gasteiger partial charge on any atom is 0.269 e. The Morgan fingerprint density at radius 3 is 2.76 bits per heavy atom. The highest BCUT2D eigenvalue weighted by Gasteiger charge is 2.20. The summed E-state index contributed by atoms with van der Waals surface area (Å²) in [5.41, 5.74) is 1.61. The minimum Gasteiger partial charge on any atom is -0.371 e. The van der Waals surface area contributed by atoms with Gasteiger partial charge < -0.3 is 15.1 Å². The molecule has 0 saturated carbocycles. The first kappa shape index (κ1) is 15.8. The molecule has 0 radical (unpaired) electrons. The van der Waals surface area contributed by atoms with Crippen LogP contribution < -0.4 is 10.2 Å². The molecule has 1 aliphatic rings. The van der Waals surface area contributed by atoms with Crippen LogP contribution in [0.2, 0.25) is 0 Å². The van der Waals surface area contributed by atoms with E-state index in [4.69, 9.17) is 0 Å². The second kappa shape index (κ2) is 7.41. The summed E-state index contributed by atoms with van der Waals surface area (Å²) in [6, 6.07) is 3.90. The van der Waals surface area contributed by atoms with Gasteiger partial charge in [-0.15, -0.1) is 0 Å². The number of carbonyl (C=O) groups excluding carboxylic acids is 1. The van der Waals surface area contributed by atoms with E-state index in [1.54, 1.807) is 6.20 Å². The Hall–Kier alpha value is -1.62. The van der Waals surface area contributed by atoms with Crippen LogP contribution in [0, 0.1) is 5.92 Å². The van der Waals surface area contributed by atoms with Crippen LogP contribution in [0.1, 0.15) is 30.3 Å². The quantitative estimate of drug-likeness (QED) is 0.895. The third-order valence-corrected chi connectivity index (χ3v) is 3.92. The summed E-state index contributed by atoms with van der Waals surface area (Å²) in [4.78, 5) is 20.6. The Bertz CT molecular complexity index is 467. The van der Waals surface area contributed by atoms with Gasteiger partial charge >= 0.3 is 0 Å². The number of piperidine rings is 1. The molecule has 5 heteroatoms. The summed E-state index contributed by atoms with van der Waals surface area (Å²) in [6.45, 7) is 5.81. The zero-order valence-corrected chi connectivity index (χ0v) is 13.3. The van der Waals surface area contributed by atoms with Gasteiger partial charge in [0, 0.05) is 38.1 Å². The zero-order valence-electron chi connectivity index (χ0n) is 13.3. The molecule has 1 aliphatic heterocycles. The number of pyridine rings is 1. The Kier molecular flexibility index (Phi) is 5.56. The van der Waals surface area contributed by atoms with Gasteiger partial charge in [0.05, 0.1) is 0 Å². The van der Waals surface area contributed by atoms with Crippen molar-refractivity contribution in [3.05, 3.63) is 24.0 Å². The predicted octanol–water partition coefficient (Wildman–Crippen LogP) is 1.61. The molecule has 0 aromatic carbocycles. The van der Waals surface area contributed by atoms with Gasteiger partial charge in [-0.3, -0.25) is 9.78 Å². The summed E-state index contributed by atoms with van der Waals surface area (Å²) in [5.74, 6) is 0.683. The molecule has 0 aliphatic carbocycles. The monoisotopic (exact) mass is 290 g/mol. The number of hydrogen-bond donors (Lipinski definition) is 1. The van der Waals surface area contributed by atoms with Crippen LogP contribution in [-0.2, 0) is 0 Å². The minimum atomic E-state index is -0.0955. The zero-order chi connectivity index (χ0) is 15.2. The molecule has 1 N–H and O–H groups in total. The number of rotatable bonds is 5. The summed E-state index contributed by atoms with van der Waals surface area (Å²) in [6.07, 6.45) is 4.14. The predicted molar refractivity (Wildman–Crippen MR) is 85.7 cm³/mol. The third-order valence-electron chi connectivity index (χ3n) is 3.92. The van der Waals surface area contributed by atoms with Crippen molar-refractivity contribution in [2.24, 2.45) is 5.92 Å². The highest BCUT2D eigenvalue weighted by atomic mass is 16.1. The lowest BCUT2D eigenvalue weighted by atomic mass is 9.96. The molecule has 1 saturated heterocycles. The van der Waals surface area contributed by atoms with Crippen molar-refractivity contribution >= 4 is 11.6 Å². The number of carbonyl (C=O) groups is 1. The number of nitrogens with one attached hydrogen (secondary N) is 1. The first-order valence-electron chi connectivity index (χ1n) is 7.74. The number of anilines is 1. The molecule has 2 heterocycles. The van der Waals surface area contributed by atoms with Crippen molar-refractivity contribution in [1.29, 1.82) is 0 Å². The van der Waals surface area contributed by atoms with Crippen molar-refractivity contribution in [1.82, 2.24) is 15.2 Å². The second-order valence-corrected chi connectivity index (χ2v) is 5.95. The van der Waals surface area contributed by atoms with E-state index in [1.807, 2.05) is 19.1 Å². The maximum absolute atomic E-state index is 11.9. The molecule has 1 fully saturated rings. The molecular formula is C16H26N4O. The van der Waals surface area contributed by atoms with Gasteiger partial charge in [-0.25, -0.2) is 0 Å². The highest BCUT2D eigenvalue weighted by molar-refractivity contribution is 5.93. The smallest absolute Gasteiger partial charge is 0.269 e. The van der Waals surface area contributed by atoms with Crippen molar-refractivity contribution in [2.75, 3.05) is 45.2 Å². The van der Waals surface area contributed by atoms with E-state index in [1.165, 1.54) is 12.8 Å². The SMILES string of the molecule is CCNC(=O)c1cc(N2CCC(CN(C)C)CC2)ccn1. The molecule has 1 aromatic heterocycles. The van der Waals surface area contributed by atoms with Gasteiger partial charge in [0.2, 0.25) is 0 Å². The molecular weight excluding hydrogens is 264 g/mol. The Labute approximate surface area is 127 Å². The lowest BCUT2D eigenvalue weighted by molar-refractivity contribution is 0.0951. The Balaban J connectivity index is 1.97. The average Bonchev–Trinajstić information content (AvgIpc) is 2.48. The van der Waals surface area contributed by atoms with Gasteiger partial charge in [0.15, 0.2) is 0 Å². The number of aromatic nitrogens is 1. The average molecular weight is 290 g/mol. The molecule has 2 rings (SSSR count). The first-order chi connectivity index (χ1) is 10.1. The van der Waals surface area contributed by atoms with Crippen molar-refractivity contribution in [2.45, 2.75) is 19.8 Å². The van der Waals surface area contributed by atoms with E-state index in [9.17, 15) is 4.79 Å². The fraction of sp³-hybridized carbons (Fsp3) is 0.625. The van der Waals surface area contributed by atoms with E-state index in [-0.39, 0.29) is 5.91 Å².